The van der Waals surface area contributed by atoms with E-state index in [2.05, 4.69) is 15.5 Å². The zero-order chi connectivity index (χ0) is 33.5. The van der Waals surface area contributed by atoms with Crippen LogP contribution in [0.1, 0.15) is 103 Å². The Labute approximate surface area is 276 Å². The molecule has 3 heterocycles. The smallest absolute Gasteiger partial charge is 0.307 e. The van der Waals surface area contributed by atoms with Crippen molar-refractivity contribution < 1.29 is 28.7 Å². The van der Waals surface area contributed by atoms with E-state index in [1.807, 2.05) is 20.8 Å². The molecule has 2 aliphatic carbocycles. The van der Waals surface area contributed by atoms with Crippen molar-refractivity contribution in [3.8, 4) is 0 Å². The lowest BCUT2D eigenvalue weighted by Gasteiger charge is -2.22. The van der Waals surface area contributed by atoms with Crippen LogP contribution in [0.5, 0.6) is 0 Å². The maximum atomic E-state index is 12.5. The number of nitrogens with one attached hydrogen (secondary N) is 2. The Morgan fingerprint density at radius 2 is 1.46 bits per heavy atom. The molecule has 252 valence electrons. The van der Waals surface area contributed by atoms with E-state index < -0.39 is 28.0 Å². The molecule has 0 saturated heterocycles. The molecule has 0 aromatic carbocycles. The van der Waals surface area contributed by atoms with E-state index in [0.717, 1.165) is 12.8 Å². The number of ether oxygens (including phenoxy) is 2. The van der Waals surface area contributed by atoms with Gasteiger partial charge in [0, 0.05) is 24.7 Å². The monoisotopic (exact) mass is 680 g/mol. The number of carbonyl (C=O) groups excluding carboxylic acids is 4. The maximum Gasteiger partial charge on any atom is 0.307 e. The van der Waals surface area contributed by atoms with Crippen LogP contribution in [0.25, 0.3) is 5.52 Å². The Morgan fingerprint density at radius 1 is 0.913 bits per heavy atom. The van der Waals surface area contributed by atoms with Crippen molar-refractivity contribution in [2.24, 2.45) is 5.41 Å². The van der Waals surface area contributed by atoms with Crippen LogP contribution in [0.3, 0.4) is 0 Å². The van der Waals surface area contributed by atoms with Crippen LogP contribution in [-0.2, 0) is 29.3 Å². The number of halogens is 2. The van der Waals surface area contributed by atoms with Gasteiger partial charge in [-0.3, -0.25) is 34.1 Å². The molecular formula is C31H42Cl2N6O7. The number of rotatable bonds is 8. The standard InChI is InChI=1S/C16H21ClN2O4.C15H18ClN3O3.H3N/c1-10(20)13-11(17)5-8-19(13)18-14(22)16(6-7-16)9-12(21)23-15(2,3)4;1-14(2,3)22-10(20)8-15(5-6-15)13-17-12(21)11-9(16)4-7-19(11)18-13;/h5,8H,6-7,9H2,1-4H3,(H,18,22);4,7H,5-6,8H2,1-3H3,(H,17,18,21);1H3. The minimum absolute atomic E-state index is 0. The van der Waals surface area contributed by atoms with Gasteiger partial charge in [-0.05, 0) is 79.4 Å². The molecule has 15 heteroatoms. The number of nitrogens with zero attached hydrogens (tertiary/aromatic N) is 3. The van der Waals surface area contributed by atoms with Gasteiger partial charge in [-0.1, -0.05) is 23.2 Å². The third-order valence-corrected chi connectivity index (χ3v) is 7.97. The molecule has 0 unspecified atom stereocenters. The summed E-state index contributed by atoms with van der Waals surface area (Å²) in [5.74, 6) is -0.723. The van der Waals surface area contributed by atoms with Crippen LogP contribution < -0.4 is 17.1 Å². The highest BCUT2D eigenvalue weighted by Gasteiger charge is 2.52. The van der Waals surface area contributed by atoms with Crippen molar-refractivity contribution in [3.63, 3.8) is 0 Å². The third kappa shape index (κ3) is 8.77. The summed E-state index contributed by atoms with van der Waals surface area (Å²) in [6, 6.07) is 3.16. The molecule has 3 aromatic heterocycles. The van der Waals surface area contributed by atoms with Gasteiger partial charge in [0.05, 0.1) is 28.3 Å². The second-order valence-electron chi connectivity index (χ2n) is 13.7. The molecule has 2 fully saturated rings. The number of carbonyl (C=O) groups is 4. The number of hydrogen-bond acceptors (Lipinski definition) is 9. The molecule has 13 nitrogen and oxygen atoms in total. The number of Topliss-reactive ketones (excluding diaryl/α,β-unsaturated/α-hetero) is 1. The summed E-state index contributed by atoms with van der Waals surface area (Å²) in [6.07, 6.45) is 6.23. The largest absolute Gasteiger partial charge is 0.460 e. The molecule has 0 radical (unpaired) electrons. The maximum absolute atomic E-state index is 12.5. The molecule has 0 aliphatic heterocycles. The number of H-pyrrole nitrogens is 1. The van der Waals surface area contributed by atoms with E-state index in [1.54, 1.807) is 33.0 Å². The molecule has 5 rings (SSSR count). The van der Waals surface area contributed by atoms with Gasteiger partial charge in [-0.25, -0.2) is 4.52 Å². The van der Waals surface area contributed by atoms with Gasteiger partial charge in [-0.2, -0.15) is 5.10 Å². The number of fused-ring (bicyclic) bond motifs is 1. The van der Waals surface area contributed by atoms with E-state index in [1.165, 1.54) is 28.4 Å². The van der Waals surface area contributed by atoms with Crippen molar-refractivity contribution in [2.75, 3.05) is 5.43 Å². The molecule has 3 aromatic rings. The topological polar surface area (TPSA) is 189 Å². The van der Waals surface area contributed by atoms with E-state index in [9.17, 15) is 24.0 Å². The van der Waals surface area contributed by atoms with E-state index in [4.69, 9.17) is 32.7 Å². The van der Waals surface area contributed by atoms with Crippen LogP contribution >= 0.6 is 23.2 Å². The van der Waals surface area contributed by atoms with E-state index >= 15 is 0 Å². The number of aromatic nitrogens is 4. The lowest BCUT2D eigenvalue weighted by Crippen LogP contribution is -2.35. The predicted octanol–water partition coefficient (Wildman–Crippen LogP) is 5.53. The molecular weight excluding hydrogens is 639 g/mol. The Bertz CT molecular complexity index is 1700. The molecule has 1 amide bonds. The van der Waals surface area contributed by atoms with Gasteiger partial charge in [-0.15, -0.1) is 0 Å². The Morgan fingerprint density at radius 3 is 1.96 bits per heavy atom. The zero-order valence-electron chi connectivity index (χ0n) is 27.2. The average Bonchev–Trinajstić information content (AvgIpc) is 3.76. The molecule has 46 heavy (non-hydrogen) atoms. The quantitative estimate of drug-likeness (QED) is 0.203. The summed E-state index contributed by atoms with van der Waals surface area (Å²) >= 11 is 11.9. The van der Waals surface area contributed by atoms with Crippen molar-refractivity contribution in [1.29, 1.82) is 0 Å². The van der Waals surface area contributed by atoms with Gasteiger partial charge < -0.3 is 20.6 Å². The molecule has 0 atom stereocenters. The zero-order valence-corrected chi connectivity index (χ0v) is 28.7. The summed E-state index contributed by atoms with van der Waals surface area (Å²) in [5.41, 5.74) is 0.600. The first kappa shape index (κ1) is 36.8. The minimum atomic E-state index is -0.757. The Kier molecular flexibility index (Phi) is 10.6. The number of esters is 2. The van der Waals surface area contributed by atoms with Crippen LogP contribution in [0.2, 0.25) is 10.0 Å². The van der Waals surface area contributed by atoms with Gasteiger partial charge >= 0.3 is 11.9 Å². The van der Waals surface area contributed by atoms with E-state index in [-0.39, 0.29) is 52.9 Å². The van der Waals surface area contributed by atoms with Gasteiger partial charge in [0.1, 0.15) is 28.2 Å². The first-order valence-electron chi connectivity index (χ1n) is 14.6. The number of amides is 1. The normalized spacial score (nSPS) is 15.9. The summed E-state index contributed by atoms with van der Waals surface area (Å²) in [4.78, 5) is 63.0. The lowest BCUT2D eigenvalue weighted by molar-refractivity contribution is -0.158. The van der Waals surface area contributed by atoms with Gasteiger partial charge in [0.15, 0.2) is 5.78 Å². The average molecular weight is 682 g/mol. The van der Waals surface area contributed by atoms with Crippen LogP contribution in [0, 0.1) is 5.41 Å². The second-order valence-corrected chi connectivity index (χ2v) is 14.5. The fourth-order valence-corrected chi connectivity index (χ4v) is 5.40. The lowest BCUT2D eigenvalue weighted by atomic mass is 10.0. The summed E-state index contributed by atoms with van der Waals surface area (Å²) in [6.45, 7) is 12.2. The minimum Gasteiger partial charge on any atom is -0.460 e. The predicted molar refractivity (Wildman–Crippen MR) is 173 cm³/mol. The van der Waals surface area contributed by atoms with Gasteiger partial charge in [0.25, 0.3) is 5.56 Å². The third-order valence-electron chi connectivity index (χ3n) is 7.36. The fraction of sp³-hybridized carbons (Fsp3) is 0.548. The second kappa shape index (κ2) is 13.2. The van der Waals surface area contributed by atoms with Crippen molar-refractivity contribution >= 4 is 52.3 Å². The molecule has 0 spiro atoms. The van der Waals surface area contributed by atoms with Crippen LogP contribution in [0.4, 0.5) is 0 Å². The highest BCUT2D eigenvalue weighted by molar-refractivity contribution is 6.34. The number of hydrogen-bond donors (Lipinski definition) is 3. The SMILES string of the molecule is CC(=O)c1c(Cl)ccn1NC(=O)C1(CC(=O)OC(C)(C)C)CC1.CC(C)(C)OC(=O)CC1(c2nn3ccc(Cl)c3c(=O)[nH]2)CC1.N. The Hall–Kier alpha value is -3.68. The summed E-state index contributed by atoms with van der Waals surface area (Å²) in [5, 5.41) is 5.04. The molecule has 5 N–H and O–H groups in total. The summed E-state index contributed by atoms with van der Waals surface area (Å²) in [7, 11) is 0. The number of ketones is 1. The molecule has 0 bridgehead atoms. The van der Waals surface area contributed by atoms with Crippen LogP contribution in [-0.4, -0.2) is 54.1 Å². The number of aromatic amines is 1. The van der Waals surface area contributed by atoms with Crippen LogP contribution in [0.15, 0.2) is 29.3 Å². The van der Waals surface area contributed by atoms with Crippen molar-refractivity contribution in [2.45, 2.75) is 104 Å². The molecule has 2 saturated carbocycles. The first-order chi connectivity index (χ1) is 20.7. The van der Waals surface area contributed by atoms with Crippen molar-refractivity contribution in [3.05, 3.63) is 56.4 Å². The summed E-state index contributed by atoms with van der Waals surface area (Å²) < 4.78 is 13.4. The molecule has 2 aliphatic rings. The first-order valence-corrected chi connectivity index (χ1v) is 15.4. The van der Waals surface area contributed by atoms with Crippen molar-refractivity contribution in [1.82, 2.24) is 25.4 Å². The highest BCUT2D eigenvalue weighted by atomic mass is 35.5. The highest BCUT2D eigenvalue weighted by Crippen LogP contribution is 2.50. The van der Waals surface area contributed by atoms with Gasteiger partial charge in [0.2, 0.25) is 5.91 Å². The van der Waals surface area contributed by atoms with E-state index in [0.29, 0.717) is 29.2 Å². The Balaban J connectivity index is 0.000000245. The fourth-order valence-electron chi connectivity index (χ4n) is 4.89.